The summed E-state index contributed by atoms with van der Waals surface area (Å²) in [6.45, 7) is 3.36. The Bertz CT molecular complexity index is 309. The van der Waals surface area contributed by atoms with Crippen LogP contribution in [0.2, 0.25) is 0 Å². The van der Waals surface area contributed by atoms with Gasteiger partial charge in [0.15, 0.2) is 0 Å². The van der Waals surface area contributed by atoms with Crippen LogP contribution in [0.15, 0.2) is 30.3 Å². The highest BCUT2D eigenvalue weighted by atomic mass is 15.3. The molecule has 0 aliphatic carbocycles. The second kappa shape index (κ2) is 3.37. The summed E-state index contributed by atoms with van der Waals surface area (Å²) >= 11 is 0. The van der Waals surface area contributed by atoms with Gasteiger partial charge in [0.25, 0.3) is 0 Å². The lowest BCUT2D eigenvalue weighted by molar-refractivity contribution is 0.216. The number of benzene rings is 1. The van der Waals surface area contributed by atoms with Gasteiger partial charge in [-0.2, -0.15) is 0 Å². The van der Waals surface area contributed by atoms with Crippen molar-refractivity contribution in [2.75, 3.05) is 13.1 Å². The lowest BCUT2D eigenvalue weighted by atomic mass is 10.2. The Morgan fingerprint density at radius 3 is 2.79 bits per heavy atom. The monoisotopic (exact) mass is 187 g/mol. The van der Waals surface area contributed by atoms with Gasteiger partial charge in [-0.1, -0.05) is 30.3 Å². The molecule has 2 heterocycles. The van der Waals surface area contributed by atoms with E-state index in [0.717, 1.165) is 19.1 Å². The summed E-state index contributed by atoms with van der Waals surface area (Å²) in [4.78, 5) is 2.58. The average molecular weight is 187 g/mol. The Kier molecular flexibility index (Phi) is 2.03. The molecule has 0 aromatic heterocycles. The van der Waals surface area contributed by atoms with Gasteiger partial charge in [-0.3, -0.25) is 4.90 Å². The van der Waals surface area contributed by atoms with Crippen molar-refractivity contribution >= 4 is 0 Å². The van der Waals surface area contributed by atoms with Gasteiger partial charge in [-0.05, 0) is 12.0 Å². The molecule has 1 radical (unpaired) electrons. The fourth-order valence-corrected chi connectivity index (χ4v) is 2.56. The fraction of sp³-hybridized carbons (Fsp3) is 0.500. The van der Waals surface area contributed by atoms with Crippen LogP contribution in [0.4, 0.5) is 0 Å². The van der Waals surface area contributed by atoms with E-state index < -0.39 is 0 Å². The number of hydrogen-bond acceptors (Lipinski definition) is 1. The molecule has 1 aromatic carbocycles. The third-order valence-corrected chi connectivity index (χ3v) is 3.31. The Labute approximate surface area is 84.9 Å². The molecule has 73 valence electrons. The summed E-state index contributed by atoms with van der Waals surface area (Å²) < 4.78 is 0. The van der Waals surface area contributed by atoms with Crippen molar-refractivity contribution in [1.29, 1.82) is 0 Å². The number of fused-ring (bicyclic) bond motifs is 2. The quantitative estimate of drug-likeness (QED) is 0.681. The van der Waals surface area contributed by atoms with Crippen LogP contribution in [0.3, 0.4) is 0 Å². The van der Waals surface area contributed by atoms with E-state index in [9.17, 15) is 0 Å². The molecule has 0 spiro atoms. The third kappa shape index (κ3) is 1.45. The van der Waals surface area contributed by atoms with Gasteiger partial charge in [0, 0.05) is 31.7 Å². The van der Waals surface area contributed by atoms with Crippen molar-refractivity contribution in [1.82, 2.24) is 10.2 Å². The highest BCUT2D eigenvalue weighted by molar-refractivity contribution is 5.15. The number of rotatable bonds is 2. The molecule has 14 heavy (non-hydrogen) atoms. The molecule has 0 N–H and O–H groups in total. The molecule has 2 heteroatoms. The summed E-state index contributed by atoms with van der Waals surface area (Å²) in [6, 6.07) is 12.1. The first-order valence-corrected chi connectivity index (χ1v) is 5.36. The lowest BCUT2D eigenvalue weighted by Crippen LogP contribution is -2.39. The molecular weight excluding hydrogens is 172 g/mol. The van der Waals surface area contributed by atoms with Crippen molar-refractivity contribution < 1.29 is 0 Å². The zero-order valence-corrected chi connectivity index (χ0v) is 8.26. The molecule has 2 aliphatic heterocycles. The maximum absolute atomic E-state index is 4.55. The van der Waals surface area contributed by atoms with E-state index in [4.69, 9.17) is 0 Å². The lowest BCUT2D eigenvalue weighted by Gasteiger charge is -2.26. The van der Waals surface area contributed by atoms with E-state index in [2.05, 4.69) is 40.5 Å². The fourth-order valence-electron chi connectivity index (χ4n) is 2.56. The maximum atomic E-state index is 4.55. The molecule has 1 aromatic rings. The molecule has 2 bridgehead atoms. The van der Waals surface area contributed by atoms with Crippen molar-refractivity contribution in [2.24, 2.45) is 0 Å². The van der Waals surface area contributed by atoms with Crippen molar-refractivity contribution in [2.45, 2.75) is 25.0 Å². The largest absolute Gasteiger partial charge is 0.293 e. The van der Waals surface area contributed by atoms with E-state index >= 15 is 0 Å². The zero-order valence-electron chi connectivity index (χ0n) is 8.26. The third-order valence-electron chi connectivity index (χ3n) is 3.31. The molecule has 2 nitrogen and oxygen atoms in total. The van der Waals surface area contributed by atoms with Gasteiger partial charge in [-0.15, -0.1) is 0 Å². The number of likely N-dealkylation sites (tertiary alicyclic amines) is 1. The highest BCUT2D eigenvalue weighted by Crippen LogP contribution is 2.25. The molecular formula is C12H15N2. The SMILES string of the molecule is c1ccc(CN2C[C@@H]3C[C@H]2C[N]3)cc1. The van der Waals surface area contributed by atoms with E-state index in [1.54, 1.807) is 0 Å². The molecule has 0 amide bonds. The predicted octanol–water partition coefficient (Wildman–Crippen LogP) is 1.25. The minimum atomic E-state index is 0.642. The standard InChI is InChI=1S/C12H15N2/c1-2-4-10(5-3-1)8-14-9-11-6-12(14)7-13-11/h1-5,11-12H,6-9H2/t11-,12-/m0/s1. The van der Waals surface area contributed by atoms with E-state index in [1.165, 1.54) is 18.5 Å². The zero-order chi connectivity index (χ0) is 9.38. The normalized spacial score (nSPS) is 31.1. The molecule has 2 atom stereocenters. The highest BCUT2D eigenvalue weighted by Gasteiger charge is 2.38. The van der Waals surface area contributed by atoms with Crippen molar-refractivity contribution in [3.8, 4) is 0 Å². The van der Waals surface area contributed by atoms with Crippen LogP contribution in [0.5, 0.6) is 0 Å². The summed E-state index contributed by atoms with van der Waals surface area (Å²) in [5, 5.41) is 4.55. The Balaban J connectivity index is 1.69. The van der Waals surface area contributed by atoms with E-state index in [0.29, 0.717) is 6.04 Å². The predicted molar refractivity (Wildman–Crippen MR) is 56.0 cm³/mol. The van der Waals surface area contributed by atoms with Crippen LogP contribution >= 0.6 is 0 Å². The summed E-state index contributed by atoms with van der Waals surface area (Å²) in [5.74, 6) is 0. The molecule has 2 fully saturated rings. The van der Waals surface area contributed by atoms with Crippen LogP contribution in [-0.2, 0) is 6.54 Å². The van der Waals surface area contributed by atoms with Crippen LogP contribution in [0.25, 0.3) is 0 Å². The number of piperazine rings is 1. The summed E-state index contributed by atoms with van der Waals surface area (Å²) in [6.07, 6.45) is 1.30. The van der Waals surface area contributed by atoms with Crippen LogP contribution in [0, 0.1) is 0 Å². The van der Waals surface area contributed by atoms with Crippen LogP contribution in [-0.4, -0.2) is 30.1 Å². The minimum absolute atomic E-state index is 0.642. The molecule has 2 saturated heterocycles. The van der Waals surface area contributed by atoms with Gasteiger partial charge < -0.3 is 0 Å². The van der Waals surface area contributed by atoms with Crippen LogP contribution < -0.4 is 5.32 Å². The first kappa shape index (κ1) is 8.45. The Hall–Kier alpha value is -0.860. The maximum Gasteiger partial charge on any atom is 0.0389 e. The average Bonchev–Trinajstić information content (AvgIpc) is 2.81. The van der Waals surface area contributed by atoms with Crippen molar-refractivity contribution in [3.05, 3.63) is 35.9 Å². The number of nitrogens with zero attached hydrogens (tertiary/aromatic N) is 2. The van der Waals surface area contributed by atoms with Gasteiger partial charge in [0.1, 0.15) is 0 Å². The van der Waals surface area contributed by atoms with E-state index in [-0.39, 0.29) is 0 Å². The second-order valence-electron chi connectivity index (χ2n) is 4.32. The van der Waals surface area contributed by atoms with Gasteiger partial charge in [0.05, 0.1) is 0 Å². The molecule has 3 rings (SSSR count). The first-order chi connectivity index (χ1) is 6.92. The molecule has 0 saturated carbocycles. The van der Waals surface area contributed by atoms with Gasteiger partial charge in [-0.25, -0.2) is 5.32 Å². The van der Waals surface area contributed by atoms with E-state index in [1.807, 2.05) is 0 Å². The molecule has 0 unspecified atom stereocenters. The summed E-state index contributed by atoms with van der Waals surface area (Å²) in [5.41, 5.74) is 1.43. The first-order valence-electron chi connectivity index (χ1n) is 5.36. The second-order valence-corrected chi connectivity index (χ2v) is 4.32. The smallest absolute Gasteiger partial charge is 0.0389 e. The van der Waals surface area contributed by atoms with Crippen LogP contribution in [0.1, 0.15) is 12.0 Å². The Morgan fingerprint density at radius 2 is 2.14 bits per heavy atom. The minimum Gasteiger partial charge on any atom is -0.293 e. The Morgan fingerprint density at radius 1 is 1.29 bits per heavy atom. The summed E-state index contributed by atoms with van der Waals surface area (Å²) in [7, 11) is 0. The van der Waals surface area contributed by atoms with Gasteiger partial charge >= 0.3 is 0 Å². The van der Waals surface area contributed by atoms with Crippen molar-refractivity contribution in [3.63, 3.8) is 0 Å². The van der Waals surface area contributed by atoms with Gasteiger partial charge in [0.2, 0.25) is 0 Å². The number of hydrogen-bond donors (Lipinski definition) is 0. The topological polar surface area (TPSA) is 17.3 Å². The molecule has 2 aliphatic rings.